The summed E-state index contributed by atoms with van der Waals surface area (Å²) in [7, 11) is 1.72. The van der Waals surface area contributed by atoms with E-state index in [1.54, 1.807) is 36.2 Å². The number of nitrogens with zero attached hydrogens (tertiary/aromatic N) is 1. The number of halogens is 2. The molecule has 0 fully saturated rings. The van der Waals surface area contributed by atoms with Crippen molar-refractivity contribution < 1.29 is 4.79 Å². The van der Waals surface area contributed by atoms with E-state index >= 15 is 0 Å². The summed E-state index contributed by atoms with van der Waals surface area (Å²) in [6.07, 6.45) is 0. The van der Waals surface area contributed by atoms with Crippen LogP contribution in [-0.4, -0.2) is 13.0 Å². The van der Waals surface area contributed by atoms with E-state index in [2.05, 4.69) is 22.6 Å². The highest BCUT2D eigenvalue weighted by Gasteiger charge is 2.16. The third-order valence-electron chi connectivity index (χ3n) is 2.72. The number of rotatable bonds is 2. The Morgan fingerprint density at radius 3 is 2.68 bits per heavy atom. The molecule has 0 aliphatic heterocycles. The number of nitrogens with two attached hydrogens (primary N) is 1. The third kappa shape index (κ3) is 3.19. The molecule has 2 N–H and O–H groups in total. The second-order valence-electron chi connectivity index (χ2n) is 4.08. The molecule has 0 bridgehead atoms. The van der Waals surface area contributed by atoms with Gasteiger partial charge in [0.05, 0.1) is 5.56 Å². The van der Waals surface area contributed by atoms with Crippen LogP contribution < -0.4 is 10.6 Å². The van der Waals surface area contributed by atoms with Crippen molar-refractivity contribution in [1.82, 2.24) is 0 Å². The lowest BCUT2D eigenvalue weighted by molar-refractivity contribution is 0.0992. The van der Waals surface area contributed by atoms with Gasteiger partial charge in [-0.2, -0.15) is 0 Å². The van der Waals surface area contributed by atoms with E-state index in [-0.39, 0.29) is 5.91 Å². The van der Waals surface area contributed by atoms with Crippen LogP contribution in [0.2, 0.25) is 5.02 Å². The van der Waals surface area contributed by atoms with Gasteiger partial charge in [-0.25, -0.2) is 0 Å². The summed E-state index contributed by atoms with van der Waals surface area (Å²) in [5, 5.41) is 0.546. The molecule has 19 heavy (non-hydrogen) atoms. The Bertz CT molecular complexity index is 631. The van der Waals surface area contributed by atoms with Crippen molar-refractivity contribution in [3.8, 4) is 0 Å². The zero-order valence-electron chi connectivity index (χ0n) is 10.2. The van der Waals surface area contributed by atoms with Crippen LogP contribution in [0.5, 0.6) is 0 Å². The predicted molar refractivity (Wildman–Crippen MR) is 87.8 cm³/mol. The molecule has 98 valence electrons. The minimum absolute atomic E-state index is 0.113. The standard InChI is InChI=1S/C14H12ClIN2O/c1-18(11-4-2-3-10(17)8-11)14(19)12-7-9(15)5-6-13(12)16/h2-8H,17H2,1H3. The van der Waals surface area contributed by atoms with Crippen molar-refractivity contribution in [2.75, 3.05) is 17.7 Å². The van der Waals surface area contributed by atoms with Crippen LogP contribution in [0.3, 0.4) is 0 Å². The van der Waals surface area contributed by atoms with Crippen LogP contribution in [0.1, 0.15) is 10.4 Å². The summed E-state index contributed by atoms with van der Waals surface area (Å²) in [6, 6.07) is 12.5. The second-order valence-corrected chi connectivity index (χ2v) is 5.68. The van der Waals surface area contributed by atoms with Crippen LogP contribution in [0, 0.1) is 3.57 Å². The zero-order valence-corrected chi connectivity index (χ0v) is 13.1. The average Bonchev–Trinajstić information content (AvgIpc) is 2.40. The Kier molecular flexibility index (Phi) is 4.31. The first kappa shape index (κ1) is 14.1. The first-order valence-electron chi connectivity index (χ1n) is 5.57. The molecule has 1 amide bonds. The third-order valence-corrected chi connectivity index (χ3v) is 3.90. The Balaban J connectivity index is 2.36. The fraction of sp³-hybridized carbons (Fsp3) is 0.0714. The van der Waals surface area contributed by atoms with Crippen LogP contribution in [-0.2, 0) is 0 Å². The molecule has 0 radical (unpaired) electrons. The zero-order chi connectivity index (χ0) is 14.0. The molecule has 5 heteroatoms. The molecule has 0 spiro atoms. The predicted octanol–water partition coefficient (Wildman–Crippen LogP) is 3.80. The van der Waals surface area contributed by atoms with Crippen molar-refractivity contribution in [1.29, 1.82) is 0 Å². The monoisotopic (exact) mass is 386 g/mol. The topological polar surface area (TPSA) is 46.3 Å². The number of carbonyl (C=O) groups excluding carboxylic acids is 1. The molecule has 0 aliphatic carbocycles. The van der Waals surface area contributed by atoms with E-state index in [1.807, 2.05) is 18.2 Å². The Morgan fingerprint density at radius 1 is 1.26 bits per heavy atom. The van der Waals surface area contributed by atoms with Crippen LogP contribution >= 0.6 is 34.2 Å². The molecule has 0 unspecified atom stereocenters. The minimum atomic E-state index is -0.113. The maximum atomic E-state index is 12.5. The lowest BCUT2D eigenvalue weighted by atomic mass is 10.2. The van der Waals surface area contributed by atoms with Gasteiger partial charge in [-0.1, -0.05) is 17.7 Å². The summed E-state index contributed by atoms with van der Waals surface area (Å²) in [4.78, 5) is 14.0. The van der Waals surface area contributed by atoms with E-state index in [0.717, 1.165) is 9.26 Å². The number of amides is 1. The van der Waals surface area contributed by atoms with Gasteiger partial charge in [-0.05, 0) is 59.0 Å². The summed E-state index contributed by atoms with van der Waals surface area (Å²) in [5.74, 6) is -0.113. The molecule has 0 atom stereocenters. The molecule has 2 aromatic carbocycles. The van der Waals surface area contributed by atoms with Crippen molar-refractivity contribution in [2.45, 2.75) is 0 Å². The minimum Gasteiger partial charge on any atom is -0.399 e. The van der Waals surface area contributed by atoms with E-state index in [0.29, 0.717) is 16.3 Å². The van der Waals surface area contributed by atoms with Gasteiger partial charge in [0.2, 0.25) is 0 Å². The largest absolute Gasteiger partial charge is 0.399 e. The Morgan fingerprint density at radius 2 is 2.00 bits per heavy atom. The van der Waals surface area contributed by atoms with Crippen LogP contribution in [0.4, 0.5) is 11.4 Å². The average molecular weight is 387 g/mol. The summed E-state index contributed by atoms with van der Waals surface area (Å²) in [5.41, 5.74) is 7.68. The molecule has 0 saturated carbocycles. The highest BCUT2D eigenvalue weighted by molar-refractivity contribution is 14.1. The van der Waals surface area contributed by atoms with Gasteiger partial charge >= 0.3 is 0 Å². The molecule has 0 heterocycles. The molecule has 2 rings (SSSR count). The fourth-order valence-corrected chi connectivity index (χ4v) is 2.43. The van der Waals surface area contributed by atoms with Crippen molar-refractivity contribution >= 4 is 51.5 Å². The van der Waals surface area contributed by atoms with Gasteiger partial charge in [-0.3, -0.25) is 4.79 Å². The molecular weight excluding hydrogens is 375 g/mol. The molecule has 3 nitrogen and oxygen atoms in total. The van der Waals surface area contributed by atoms with E-state index in [9.17, 15) is 4.79 Å². The van der Waals surface area contributed by atoms with Gasteiger partial charge < -0.3 is 10.6 Å². The molecule has 0 aliphatic rings. The van der Waals surface area contributed by atoms with Crippen LogP contribution in [0.15, 0.2) is 42.5 Å². The summed E-state index contributed by atoms with van der Waals surface area (Å²) < 4.78 is 0.864. The number of hydrogen-bond donors (Lipinski definition) is 1. The Hall–Kier alpha value is -1.27. The highest BCUT2D eigenvalue weighted by Crippen LogP contribution is 2.23. The smallest absolute Gasteiger partial charge is 0.259 e. The summed E-state index contributed by atoms with van der Waals surface area (Å²) >= 11 is 8.06. The SMILES string of the molecule is CN(C(=O)c1cc(Cl)ccc1I)c1cccc(N)c1. The molecule has 0 aromatic heterocycles. The lowest BCUT2D eigenvalue weighted by Gasteiger charge is -2.18. The van der Waals surface area contributed by atoms with Crippen LogP contribution in [0.25, 0.3) is 0 Å². The molecule has 0 saturated heterocycles. The number of carbonyl (C=O) groups is 1. The van der Waals surface area contributed by atoms with Crippen molar-refractivity contribution in [3.05, 3.63) is 56.6 Å². The van der Waals surface area contributed by atoms with E-state index in [4.69, 9.17) is 17.3 Å². The number of nitrogen functional groups attached to an aromatic ring is 1. The number of anilines is 2. The normalized spacial score (nSPS) is 10.3. The summed E-state index contributed by atoms with van der Waals surface area (Å²) in [6.45, 7) is 0. The van der Waals surface area contributed by atoms with Gasteiger partial charge in [-0.15, -0.1) is 0 Å². The number of hydrogen-bond acceptors (Lipinski definition) is 2. The first-order valence-corrected chi connectivity index (χ1v) is 7.03. The Labute approximate surface area is 130 Å². The van der Waals surface area contributed by atoms with E-state index < -0.39 is 0 Å². The number of benzene rings is 2. The van der Waals surface area contributed by atoms with Gasteiger partial charge in [0.25, 0.3) is 5.91 Å². The van der Waals surface area contributed by atoms with Gasteiger partial charge in [0.15, 0.2) is 0 Å². The van der Waals surface area contributed by atoms with Crippen molar-refractivity contribution in [3.63, 3.8) is 0 Å². The van der Waals surface area contributed by atoms with Gasteiger partial charge in [0, 0.05) is 27.0 Å². The fourth-order valence-electron chi connectivity index (χ4n) is 1.69. The van der Waals surface area contributed by atoms with E-state index in [1.165, 1.54) is 0 Å². The maximum absolute atomic E-state index is 12.5. The molecular formula is C14H12ClIN2O. The maximum Gasteiger partial charge on any atom is 0.259 e. The second kappa shape index (κ2) is 5.79. The lowest BCUT2D eigenvalue weighted by Crippen LogP contribution is -2.27. The first-order chi connectivity index (χ1) is 8.99. The highest BCUT2D eigenvalue weighted by atomic mass is 127. The van der Waals surface area contributed by atoms with Crippen molar-refractivity contribution in [2.24, 2.45) is 0 Å². The quantitative estimate of drug-likeness (QED) is 0.630. The van der Waals surface area contributed by atoms with Gasteiger partial charge in [0.1, 0.15) is 0 Å². The molecule has 2 aromatic rings.